The fourth-order valence-electron chi connectivity index (χ4n) is 2.90. The Bertz CT molecular complexity index is 358. The van der Waals surface area contributed by atoms with Crippen molar-refractivity contribution >= 4 is 0 Å². The van der Waals surface area contributed by atoms with Crippen LogP contribution in [0.4, 0.5) is 0 Å². The Morgan fingerprint density at radius 3 is 2.63 bits per heavy atom. The molecule has 1 saturated heterocycles. The third-order valence-electron chi connectivity index (χ3n) is 4.10. The smallest absolute Gasteiger partial charge is 0.122 e. The first-order chi connectivity index (χ1) is 9.40. The summed E-state index contributed by atoms with van der Waals surface area (Å²) in [5.41, 5.74) is 1.32. The van der Waals surface area contributed by atoms with Crippen LogP contribution in [0.2, 0.25) is 0 Å². The van der Waals surface area contributed by atoms with Gasteiger partial charge in [-0.05, 0) is 50.2 Å². The molecule has 0 aliphatic carbocycles. The maximum Gasteiger partial charge on any atom is 0.122 e. The minimum absolute atomic E-state index is 0.865. The van der Waals surface area contributed by atoms with Crippen LogP contribution >= 0.6 is 0 Å². The van der Waals surface area contributed by atoms with Crippen LogP contribution in [0.15, 0.2) is 24.3 Å². The number of ether oxygens (including phenoxy) is 1. The van der Waals surface area contributed by atoms with Crippen molar-refractivity contribution in [1.82, 2.24) is 0 Å². The van der Waals surface area contributed by atoms with Gasteiger partial charge >= 0.3 is 0 Å². The van der Waals surface area contributed by atoms with Gasteiger partial charge in [0, 0.05) is 0 Å². The van der Waals surface area contributed by atoms with Gasteiger partial charge in [0.05, 0.1) is 26.2 Å². The topological polar surface area (TPSA) is 13.7 Å². The molecule has 0 aromatic heterocycles. The molecule has 1 aliphatic heterocycles. The lowest BCUT2D eigenvalue weighted by atomic mass is 10.1. The number of unbranched alkanes of at least 4 members (excludes halogenated alkanes) is 1. The maximum atomic E-state index is 5.91. The Kier molecular flexibility index (Phi) is 6.22. The highest BCUT2D eigenvalue weighted by atomic mass is 16.5. The molecule has 1 N–H and O–H groups in total. The highest BCUT2D eigenvalue weighted by molar-refractivity contribution is 5.33. The molecule has 0 spiro atoms. The summed E-state index contributed by atoms with van der Waals surface area (Å²) >= 11 is 0. The minimum atomic E-state index is 0.865. The van der Waals surface area contributed by atoms with Gasteiger partial charge in [-0.3, -0.25) is 0 Å². The van der Waals surface area contributed by atoms with E-state index in [1.54, 1.807) is 4.90 Å². The first kappa shape index (κ1) is 14.4. The zero-order valence-corrected chi connectivity index (χ0v) is 12.3. The average molecular weight is 262 g/mol. The number of piperidine rings is 1. The molecule has 1 heterocycles. The summed E-state index contributed by atoms with van der Waals surface area (Å²) < 4.78 is 5.91. The van der Waals surface area contributed by atoms with E-state index >= 15 is 0 Å². The molecule has 0 unspecified atom stereocenters. The van der Waals surface area contributed by atoms with E-state index in [0.717, 1.165) is 18.8 Å². The fraction of sp³-hybridized carbons (Fsp3) is 0.647. The van der Waals surface area contributed by atoms with Gasteiger partial charge in [0.1, 0.15) is 5.75 Å². The molecule has 2 nitrogen and oxygen atoms in total. The number of hydrogen-bond donors (Lipinski definition) is 1. The van der Waals surface area contributed by atoms with E-state index in [4.69, 9.17) is 4.74 Å². The Labute approximate surface area is 117 Å². The molecule has 0 amide bonds. The van der Waals surface area contributed by atoms with Gasteiger partial charge in [-0.2, -0.15) is 0 Å². The minimum Gasteiger partial charge on any atom is -0.493 e. The first-order valence-corrected chi connectivity index (χ1v) is 7.94. The molecule has 1 aliphatic rings. The van der Waals surface area contributed by atoms with Crippen molar-refractivity contribution in [1.29, 1.82) is 0 Å². The fourth-order valence-corrected chi connectivity index (χ4v) is 2.90. The molecule has 1 aromatic carbocycles. The zero-order valence-electron chi connectivity index (χ0n) is 12.3. The molecule has 19 heavy (non-hydrogen) atoms. The number of nitrogens with one attached hydrogen (secondary N) is 1. The third kappa shape index (κ3) is 4.87. The van der Waals surface area contributed by atoms with Crippen LogP contribution < -0.4 is 9.64 Å². The van der Waals surface area contributed by atoms with Crippen LogP contribution in [-0.4, -0.2) is 26.2 Å². The van der Waals surface area contributed by atoms with Gasteiger partial charge in [0.15, 0.2) is 0 Å². The first-order valence-electron chi connectivity index (χ1n) is 7.94. The van der Waals surface area contributed by atoms with E-state index in [0.29, 0.717) is 0 Å². The predicted molar refractivity (Wildman–Crippen MR) is 80.0 cm³/mol. The van der Waals surface area contributed by atoms with Crippen molar-refractivity contribution in [3.8, 4) is 5.75 Å². The van der Waals surface area contributed by atoms with E-state index < -0.39 is 0 Å². The summed E-state index contributed by atoms with van der Waals surface area (Å²) in [7, 11) is 0. The lowest BCUT2D eigenvalue weighted by Gasteiger charge is -2.23. The van der Waals surface area contributed by atoms with Crippen LogP contribution in [0.5, 0.6) is 5.75 Å². The summed E-state index contributed by atoms with van der Waals surface area (Å²) in [6, 6.07) is 8.40. The van der Waals surface area contributed by atoms with Gasteiger partial charge in [-0.25, -0.2) is 0 Å². The van der Waals surface area contributed by atoms with Crippen LogP contribution in [-0.2, 0) is 6.42 Å². The Balaban J connectivity index is 1.61. The largest absolute Gasteiger partial charge is 0.493 e. The molecule has 0 saturated carbocycles. The monoisotopic (exact) mass is 262 g/mol. The van der Waals surface area contributed by atoms with E-state index in [-0.39, 0.29) is 0 Å². The second-order valence-electron chi connectivity index (χ2n) is 5.58. The van der Waals surface area contributed by atoms with Gasteiger partial charge in [0.2, 0.25) is 0 Å². The molecular formula is C17H28NO+. The van der Waals surface area contributed by atoms with Crippen molar-refractivity contribution in [3.63, 3.8) is 0 Å². The standard InChI is InChI=1S/C17H27NO/c1-2-16-10-4-5-11-17(16)19-15-9-8-14-18-12-6-3-7-13-18/h4-5,10-11H,2-3,6-9,12-15H2,1H3/p+1. The van der Waals surface area contributed by atoms with Crippen LogP contribution in [0.3, 0.4) is 0 Å². The molecule has 1 fully saturated rings. The molecular weight excluding hydrogens is 234 g/mol. The number of likely N-dealkylation sites (tertiary alicyclic amines) is 1. The van der Waals surface area contributed by atoms with Crippen LogP contribution in [0.1, 0.15) is 44.6 Å². The number of benzene rings is 1. The van der Waals surface area contributed by atoms with E-state index in [1.807, 2.05) is 0 Å². The average Bonchev–Trinajstić information content (AvgIpc) is 2.48. The van der Waals surface area contributed by atoms with Crippen molar-refractivity contribution in [2.45, 2.75) is 45.4 Å². The highest BCUT2D eigenvalue weighted by Crippen LogP contribution is 2.18. The van der Waals surface area contributed by atoms with Crippen LogP contribution in [0, 0.1) is 0 Å². The van der Waals surface area contributed by atoms with Crippen LogP contribution in [0.25, 0.3) is 0 Å². The Morgan fingerprint density at radius 2 is 1.84 bits per heavy atom. The summed E-state index contributed by atoms with van der Waals surface area (Å²) in [4.78, 5) is 1.81. The lowest BCUT2D eigenvalue weighted by Crippen LogP contribution is -3.12. The number of rotatable bonds is 7. The molecule has 2 heteroatoms. The van der Waals surface area contributed by atoms with Crippen molar-refractivity contribution < 1.29 is 9.64 Å². The summed E-state index contributed by atoms with van der Waals surface area (Å²) in [5, 5.41) is 0. The SMILES string of the molecule is CCc1ccccc1OCCCC[NH+]1CCCCC1. The molecule has 2 rings (SSSR count). The Hall–Kier alpha value is -1.02. The van der Waals surface area contributed by atoms with Gasteiger partial charge in [-0.15, -0.1) is 0 Å². The second kappa shape index (κ2) is 8.21. The van der Waals surface area contributed by atoms with E-state index in [1.165, 1.54) is 57.3 Å². The van der Waals surface area contributed by atoms with E-state index in [9.17, 15) is 0 Å². The number of quaternary nitrogens is 1. The normalized spacial score (nSPS) is 16.5. The zero-order chi connectivity index (χ0) is 13.3. The summed E-state index contributed by atoms with van der Waals surface area (Å²) in [6.45, 7) is 7.16. The lowest BCUT2D eigenvalue weighted by molar-refractivity contribution is -0.905. The third-order valence-corrected chi connectivity index (χ3v) is 4.10. The molecule has 0 bridgehead atoms. The Morgan fingerprint density at radius 1 is 1.05 bits per heavy atom. The number of para-hydroxylation sites is 1. The number of hydrogen-bond acceptors (Lipinski definition) is 1. The van der Waals surface area contributed by atoms with Gasteiger partial charge < -0.3 is 9.64 Å². The second-order valence-corrected chi connectivity index (χ2v) is 5.58. The predicted octanol–water partition coefficient (Wildman–Crippen LogP) is 2.48. The molecule has 1 aromatic rings. The molecule has 106 valence electrons. The highest BCUT2D eigenvalue weighted by Gasteiger charge is 2.12. The van der Waals surface area contributed by atoms with Gasteiger partial charge in [-0.1, -0.05) is 25.1 Å². The summed E-state index contributed by atoms with van der Waals surface area (Å²) in [6.07, 6.45) is 7.82. The maximum absolute atomic E-state index is 5.91. The van der Waals surface area contributed by atoms with E-state index in [2.05, 4.69) is 31.2 Å². The number of aryl methyl sites for hydroxylation is 1. The van der Waals surface area contributed by atoms with Crippen molar-refractivity contribution in [2.75, 3.05) is 26.2 Å². The quantitative estimate of drug-likeness (QED) is 0.745. The summed E-state index contributed by atoms with van der Waals surface area (Å²) in [5.74, 6) is 1.08. The van der Waals surface area contributed by atoms with Crippen molar-refractivity contribution in [2.24, 2.45) is 0 Å². The van der Waals surface area contributed by atoms with Gasteiger partial charge in [0.25, 0.3) is 0 Å². The molecule has 0 radical (unpaired) electrons. The molecule has 0 atom stereocenters. The van der Waals surface area contributed by atoms with Crippen molar-refractivity contribution in [3.05, 3.63) is 29.8 Å².